The quantitative estimate of drug-likeness (QED) is 0.651. The first-order valence-corrected chi connectivity index (χ1v) is 4.62. The van der Waals surface area contributed by atoms with E-state index in [-0.39, 0.29) is 6.10 Å². The van der Waals surface area contributed by atoms with Crippen LogP contribution in [-0.2, 0) is 4.74 Å². The molecular weight excluding hydrogens is 156 g/mol. The van der Waals surface area contributed by atoms with Crippen molar-refractivity contribution in [3.05, 3.63) is 0 Å². The zero-order valence-electron chi connectivity index (χ0n) is 7.45. The highest BCUT2D eigenvalue weighted by atomic mass is 16.7. The Labute approximate surface area is 72.7 Å². The van der Waals surface area contributed by atoms with Crippen molar-refractivity contribution in [1.82, 2.24) is 0 Å². The molecule has 0 bridgehead atoms. The van der Waals surface area contributed by atoms with E-state index in [0.717, 1.165) is 31.6 Å². The van der Waals surface area contributed by atoms with Crippen molar-refractivity contribution >= 4 is 6.16 Å². The Morgan fingerprint density at radius 2 is 2.00 bits per heavy atom. The first kappa shape index (κ1) is 9.36. The van der Waals surface area contributed by atoms with Gasteiger partial charge in [0.05, 0.1) is 0 Å². The average Bonchev–Trinajstić information content (AvgIpc) is 2.05. The number of rotatable bonds is 2. The lowest BCUT2D eigenvalue weighted by Gasteiger charge is -2.26. The Kier molecular flexibility index (Phi) is 3.38. The van der Waals surface area contributed by atoms with Gasteiger partial charge in [0.25, 0.3) is 0 Å². The molecule has 1 aliphatic rings. The molecule has 0 radical (unpaired) electrons. The van der Waals surface area contributed by atoms with E-state index in [0.29, 0.717) is 0 Å². The molecule has 1 rings (SSSR count). The van der Waals surface area contributed by atoms with Crippen LogP contribution in [0.3, 0.4) is 0 Å². The Bertz CT molecular complexity index is 148. The summed E-state index contributed by atoms with van der Waals surface area (Å²) in [6.45, 7) is 2.18. The van der Waals surface area contributed by atoms with Gasteiger partial charge in [-0.15, -0.1) is 0 Å². The maximum atomic E-state index is 10.2. The van der Waals surface area contributed by atoms with Crippen molar-refractivity contribution in [2.24, 2.45) is 5.92 Å². The third-order valence-corrected chi connectivity index (χ3v) is 2.64. The summed E-state index contributed by atoms with van der Waals surface area (Å²) in [7, 11) is 0. The van der Waals surface area contributed by atoms with Crippen LogP contribution < -0.4 is 0 Å². The summed E-state index contributed by atoms with van der Waals surface area (Å²) < 4.78 is 4.70. The molecule has 0 heterocycles. The maximum absolute atomic E-state index is 10.2. The molecule has 0 aromatic heterocycles. The number of carboxylic acid groups (broad SMARTS) is 1. The monoisotopic (exact) mass is 172 g/mol. The molecule has 0 aliphatic heterocycles. The summed E-state index contributed by atoms with van der Waals surface area (Å²) in [5, 5.41) is 8.37. The molecule has 0 atom stereocenters. The minimum Gasteiger partial charge on any atom is -0.450 e. The van der Waals surface area contributed by atoms with Crippen LogP contribution in [0.5, 0.6) is 0 Å². The van der Waals surface area contributed by atoms with E-state index in [1.54, 1.807) is 0 Å². The molecular formula is C9H16O3. The third-order valence-electron chi connectivity index (χ3n) is 2.64. The SMILES string of the molecule is CCC1CCC(OC(=O)O)CC1. The van der Waals surface area contributed by atoms with E-state index in [1.807, 2.05) is 0 Å². The average molecular weight is 172 g/mol. The molecule has 3 heteroatoms. The van der Waals surface area contributed by atoms with Gasteiger partial charge in [0.2, 0.25) is 0 Å². The largest absolute Gasteiger partial charge is 0.506 e. The Morgan fingerprint density at radius 3 is 2.42 bits per heavy atom. The predicted octanol–water partition coefficient (Wildman–Crippen LogP) is 2.65. The lowest BCUT2D eigenvalue weighted by atomic mass is 9.86. The highest BCUT2D eigenvalue weighted by Gasteiger charge is 2.22. The first-order valence-electron chi connectivity index (χ1n) is 4.62. The van der Waals surface area contributed by atoms with Crippen LogP contribution in [0.25, 0.3) is 0 Å². The second-order valence-electron chi connectivity index (χ2n) is 3.43. The molecule has 0 saturated heterocycles. The summed E-state index contributed by atoms with van der Waals surface area (Å²) in [6, 6.07) is 0. The molecule has 0 unspecified atom stereocenters. The van der Waals surface area contributed by atoms with Crippen LogP contribution in [0.1, 0.15) is 39.0 Å². The minimum absolute atomic E-state index is 0.0368. The van der Waals surface area contributed by atoms with Gasteiger partial charge in [0.1, 0.15) is 6.10 Å². The molecule has 1 saturated carbocycles. The van der Waals surface area contributed by atoms with Crippen molar-refractivity contribution in [2.75, 3.05) is 0 Å². The van der Waals surface area contributed by atoms with Gasteiger partial charge in [0.15, 0.2) is 0 Å². The summed E-state index contributed by atoms with van der Waals surface area (Å²) in [5.41, 5.74) is 0. The van der Waals surface area contributed by atoms with Crippen molar-refractivity contribution < 1.29 is 14.6 Å². The van der Waals surface area contributed by atoms with Crippen molar-refractivity contribution in [3.8, 4) is 0 Å². The van der Waals surface area contributed by atoms with Crippen LogP contribution in [-0.4, -0.2) is 17.4 Å². The minimum atomic E-state index is -1.13. The Balaban J connectivity index is 2.21. The van der Waals surface area contributed by atoms with Crippen molar-refractivity contribution in [1.29, 1.82) is 0 Å². The molecule has 0 aromatic rings. The second kappa shape index (κ2) is 4.33. The van der Waals surface area contributed by atoms with E-state index in [2.05, 4.69) is 6.92 Å². The van der Waals surface area contributed by atoms with Gasteiger partial charge in [-0.25, -0.2) is 4.79 Å². The number of carbonyl (C=O) groups is 1. The fourth-order valence-corrected chi connectivity index (χ4v) is 1.80. The van der Waals surface area contributed by atoms with E-state index in [4.69, 9.17) is 9.84 Å². The van der Waals surface area contributed by atoms with E-state index in [1.165, 1.54) is 6.42 Å². The summed E-state index contributed by atoms with van der Waals surface area (Å²) in [5.74, 6) is 0.790. The highest BCUT2D eigenvalue weighted by Crippen LogP contribution is 2.28. The smallest absolute Gasteiger partial charge is 0.450 e. The topological polar surface area (TPSA) is 46.5 Å². The number of hydrogen-bond donors (Lipinski definition) is 1. The van der Waals surface area contributed by atoms with Crippen LogP contribution >= 0.6 is 0 Å². The third kappa shape index (κ3) is 2.72. The molecule has 12 heavy (non-hydrogen) atoms. The number of hydrogen-bond acceptors (Lipinski definition) is 2. The van der Waals surface area contributed by atoms with Gasteiger partial charge >= 0.3 is 6.16 Å². The lowest BCUT2D eigenvalue weighted by molar-refractivity contribution is 0.0281. The van der Waals surface area contributed by atoms with Crippen molar-refractivity contribution in [3.63, 3.8) is 0 Å². The molecule has 0 aromatic carbocycles. The zero-order chi connectivity index (χ0) is 8.97. The van der Waals surface area contributed by atoms with Crippen LogP contribution in [0.2, 0.25) is 0 Å². The molecule has 1 N–H and O–H groups in total. The lowest BCUT2D eigenvalue weighted by Crippen LogP contribution is -2.23. The van der Waals surface area contributed by atoms with Crippen LogP contribution in [0.15, 0.2) is 0 Å². The van der Waals surface area contributed by atoms with Crippen molar-refractivity contribution in [2.45, 2.75) is 45.1 Å². The fourth-order valence-electron chi connectivity index (χ4n) is 1.80. The molecule has 0 amide bonds. The van der Waals surface area contributed by atoms with Gasteiger partial charge < -0.3 is 9.84 Å². The molecule has 0 spiro atoms. The predicted molar refractivity (Wildman–Crippen MR) is 45.1 cm³/mol. The van der Waals surface area contributed by atoms with Crippen LogP contribution in [0, 0.1) is 5.92 Å². The van der Waals surface area contributed by atoms with Gasteiger partial charge in [-0.1, -0.05) is 13.3 Å². The fraction of sp³-hybridized carbons (Fsp3) is 0.889. The number of ether oxygens (including phenoxy) is 1. The Hall–Kier alpha value is -0.730. The van der Waals surface area contributed by atoms with E-state index in [9.17, 15) is 4.79 Å². The van der Waals surface area contributed by atoms with Gasteiger partial charge in [0, 0.05) is 0 Å². The van der Waals surface area contributed by atoms with Gasteiger partial charge in [-0.2, -0.15) is 0 Å². The molecule has 1 aliphatic carbocycles. The maximum Gasteiger partial charge on any atom is 0.506 e. The zero-order valence-corrected chi connectivity index (χ0v) is 7.45. The Morgan fingerprint density at radius 1 is 1.42 bits per heavy atom. The highest BCUT2D eigenvalue weighted by molar-refractivity contribution is 5.57. The normalized spacial score (nSPS) is 29.8. The summed E-state index contributed by atoms with van der Waals surface area (Å²) in [4.78, 5) is 10.2. The molecule has 1 fully saturated rings. The standard InChI is InChI=1S/C9H16O3/c1-2-7-3-5-8(6-4-7)12-9(10)11/h7-8H,2-6H2,1H3,(H,10,11). The summed E-state index contributed by atoms with van der Waals surface area (Å²) >= 11 is 0. The van der Waals surface area contributed by atoms with Gasteiger partial charge in [-0.05, 0) is 31.6 Å². The summed E-state index contributed by atoms with van der Waals surface area (Å²) in [6.07, 6.45) is 4.10. The van der Waals surface area contributed by atoms with Crippen LogP contribution in [0.4, 0.5) is 4.79 Å². The van der Waals surface area contributed by atoms with Gasteiger partial charge in [-0.3, -0.25) is 0 Å². The molecule has 3 nitrogen and oxygen atoms in total. The van der Waals surface area contributed by atoms with E-state index < -0.39 is 6.16 Å². The van der Waals surface area contributed by atoms with E-state index >= 15 is 0 Å². The molecule has 70 valence electrons. The first-order chi connectivity index (χ1) is 5.72. The second-order valence-corrected chi connectivity index (χ2v) is 3.43.